The van der Waals surface area contributed by atoms with Gasteiger partial charge in [-0.1, -0.05) is 422 Å². The molecule has 21 aromatic carbocycles. The van der Waals surface area contributed by atoms with Gasteiger partial charge in [0.2, 0.25) is 0 Å². The molecule has 0 spiro atoms. The molecule has 0 atom stereocenters. The van der Waals surface area contributed by atoms with Crippen molar-refractivity contribution in [2.24, 2.45) is 0 Å². The van der Waals surface area contributed by atoms with Crippen molar-refractivity contribution in [3.63, 3.8) is 0 Å². The molecule has 0 bridgehead atoms. The van der Waals surface area contributed by atoms with E-state index in [-0.39, 0.29) is 48.7 Å². The molecule has 1 heterocycles. The zero-order valence-electron chi connectivity index (χ0n) is 86.6. The second-order valence-corrected chi connectivity index (χ2v) is 46.3. The van der Waals surface area contributed by atoms with Gasteiger partial charge in [-0.15, -0.1) is 0 Å². The number of furan rings is 1. The Kier molecular flexibility index (Phi) is 20.4. The Hall–Kier alpha value is -15.6. The summed E-state index contributed by atoms with van der Waals surface area (Å²) in [6, 6.07) is 156. The molecule has 0 N–H and O–H groups in total. The highest BCUT2D eigenvalue weighted by molar-refractivity contribution is 6.17. The van der Waals surface area contributed by atoms with E-state index in [9.17, 15) is 0 Å². The fraction of sp³-hybridized carbons (Fsp3) is 0.191. The molecule has 4 heteroatoms. The average molecular weight is 1880 g/mol. The van der Waals surface area contributed by atoms with E-state index in [0.717, 1.165) is 50.4 Å². The maximum atomic E-state index is 6.35. The van der Waals surface area contributed by atoms with Gasteiger partial charge in [0, 0.05) is 73.4 Å². The van der Waals surface area contributed by atoms with E-state index in [1.54, 1.807) is 0 Å². The summed E-state index contributed by atoms with van der Waals surface area (Å²) in [4.78, 5) is 7.29. The maximum Gasteiger partial charge on any atom is 0.137 e. The molecule has 4 nitrogen and oxygen atoms in total. The van der Waals surface area contributed by atoms with Gasteiger partial charge in [-0.2, -0.15) is 0 Å². The quantitative estimate of drug-likeness (QED) is 0.134. The first-order valence-electron chi connectivity index (χ1n) is 52.0. The van der Waals surface area contributed by atoms with Gasteiger partial charge in [-0.05, 0) is 334 Å². The molecule has 0 amide bonds. The van der Waals surface area contributed by atoms with E-state index < -0.39 is 0 Å². The third-order valence-corrected chi connectivity index (χ3v) is 37.0. The third kappa shape index (κ3) is 13.5. The van der Waals surface area contributed by atoms with Crippen LogP contribution in [0.3, 0.4) is 0 Å². The molecule has 27 rings (SSSR count). The number of hydrogen-bond acceptors (Lipinski definition) is 4. The highest BCUT2D eigenvalue weighted by Crippen LogP contribution is 2.64. The number of anilines is 9. The molecular formula is C141H123N3O. The summed E-state index contributed by atoms with van der Waals surface area (Å²) in [7, 11) is 0. The second-order valence-electron chi connectivity index (χ2n) is 46.3. The van der Waals surface area contributed by atoms with E-state index in [4.69, 9.17) is 4.42 Å². The zero-order valence-corrected chi connectivity index (χ0v) is 86.6. The van der Waals surface area contributed by atoms with E-state index in [1.807, 2.05) is 12.1 Å². The van der Waals surface area contributed by atoms with Crippen LogP contribution in [0.5, 0.6) is 0 Å². The normalized spacial score (nSPS) is 16.2. The Balaban J connectivity index is 0.000000114. The van der Waals surface area contributed by atoms with Crippen molar-refractivity contribution in [2.75, 3.05) is 14.7 Å². The second kappa shape index (κ2) is 32.7. The van der Waals surface area contributed by atoms with Gasteiger partial charge >= 0.3 is 0 Å². The summed E-state index contributed by atoms with van der Waals surface area (Å²) in [5.74, 6) is 0. The molecule has 0 saturated carbocycles. The maximum absolute atomic E-state index is 6.35. The number of hydrogen-bond donors (Lipinski definition) is 0. The van der Waals surface area contributed by atoms with Crippen molar-refractivity contribution in [1.82, 2.24) is 0 Å². The molecule has 145 heavy (non-hydrogen) atoms. The third-order valence-electron chi connectivity index (χ3n) is 37.0. The lowest BCUT2D eigenvalue weighted by Gasteiger charge is -2.49. The average Bonchev–Trinajstić information content (AvgIpc) is 1.35. The molecule has 22 aromatic rings. The lowest BCUT2D eigenvalue weighted by molar-refractivity contribution is 0.299. The first-order valence-corrected chi connectivity index (χ1v) is 52.0. The van der Waals surface area contributed by atoms with Gasteiger partial charge < -0.3 is 19.1 Å². The van der Waals surface area contributed by atoms with Crippen LogP contribution < -0.4 is 14.7 Å². The van der Waals surface area contributed by atoms with Gasteiger partial charge in [0.15, 0.2) is 0 Å². The topological polar surface area (TPSA) is 22.9 Å². The molecule has 5 aliphatic carbocycles. The van der Waals surface area contributed by atoms with Crippen molar-refractivity contribution in [2.45, 2.75) is 173 Å². The molecule has 1 aromatic heterocycles. The fourth-order valence-corrected chi connectivity index (χ4v) is 26.1. The van der Waals surface area contributed by atoms with Crippen molar-refractivity contribution in [3.8, 4) is 55.6 Å². The monoisotopic (exact) mass is 1870 g/mol. The first kappa shape index (κ1) is 90.6. The van der Waals surface area contributed by atoms with Crippen LogP contribution >= 0.6 is 0 Å². The predicted molar refractivity (Wildman–Crippen MR) is 619 cm³/mol. The number of rotatable bonds is 9. The Labute approximate surface area is 854 Å². The molecule has 0 unspecified atom stereocenters. The molecular weight excluding hydrogens is 1750 g/mol. The van der Waals surface area contributed by atoms with E-state index in [0.29, 0.717) is 0 Å². The number of para-hydroxylation sites is 4. The number of benzene rings is 21. The van der Waals surface area contributed by atoms with Crippen LogP contribution in [-0.4, -0.2) is 0 Å². The smallest absolute Gasteiger partial charge is 0.137 e. The minimum absolute atomic E-state index is 0.0320. The Morgan fingerprint density at radius 3 is 0.779 bits per heavy atom. The van der Waals surface area contributed by atoms with Gasteiger partial charge in [0.25, 0.3) is 0 Å². The molecule has 0 aliphatic heterocycles. The van der Waals surface area contributed by atoms with E-state index >= 15 is 0 Å². The minimum atomic E-state index is -0.124. The van der Waals surface area contributed by atoms with Crippen LogP contribution in [-0.2, 0) is 48.7 Å². The van der Waals surface area contributed by atoms with Gasteiger partial charge in [0.05, 0.1) is 0 Å². The van der Waals surface area contributed by atoms with E-state index in [1.165, 1.54) is 199 Å². The molecule has 0 radical (unpaired) electrons. The molecule has 0 fully saturated rings. The van der Waals surface area contributed by atoms with Crippen LogP contribution in [0.1, 0.15) is 180 Å². The summed E-state index contributed by atoms with van der Waals surface area (Å²) in [5.41, 5.74) is 39.0. The van der Waals surface area contributed by atoms with Crippen molar-refractivity contribution < 1.29 is 4.42 Å². The lowest BCUT2D eigenvalue weighted by atomic mass is 9.55. The number of fused-ring (bicyclic) bond motifs is 30. The van der Waals surface area contributed by atoms with Crippen LogP contribution in [0, 0.1) is 0 Å². The Morgan fingerprint density at radius 2 is 0.393 bits per heavy atom. The molecule has 0 saturated heterocycles. The van der Waals surface area contributed by atoms with E-state index in [2.05, 4.69) is 546 Å². The van der Waals surface area contributed by atoms with Crippen molar-refractivity contribution in [3.05, 3.63) is 474 Å². The van der Waals surface area contributed by atoms with Crippen molar-refractivity contribution >= 4 is 138 Å². The van der Waals surface area contributed by atoms with Crippen LogP contribution in [0.25, 0.3) is 142 Å². The molecule has 708 valence electrons. The predicted octanol–water partition coefficient (Wildman–Crippen LogP) is 39.5. The van der Waals surface area contributed by atoms with Crippen LogP contribution in [0.4, 0.5) is 51.2 Å². The van der Waals surface area contributed by atoms with Crippen LogP contribution in [0.15, 0.2) is 423 Å². The Morgan fingerprint density at radius 1 is 0.145 bits per heavy atom. The summed E-state index contributed by atoms with van der Waals surface area (Å²) in [6.45, 7) is 43.6. The SMILES string of the molecule is CC1(C)c2cc(N(c3ccccc3)c3ccc4c(c3)oc3ccccc34)ccc2-c2c(ccc3c2ccc2ccccc23)C1(C)C.CC1(C)c2ccccc2-c2ccc(N(c3ccccc3)c3ccc4c(c3)C(C)(C)C(C)(C)c3ccc5c(ccc6ccccc65)c3-4)cc21.CC1(C)c2ccccc2-c2ccc(N(c3ccccc3)c3ccc4c(c3)C(C)(C)C(C)(C)c3ccc5c(ccc6ccccc65)c3-4)cc2C1(C)C. The molecule has 5 aliphatic rings. The largest absolute Gasteiger partial charge is 0.456 e. The first-order chi connectivity index (χ1) is 69.7. The summed E-state index contributed by atoms with van der Waals surface area (Å²) in [5, 5.41) is 18.0. The standard InChI is InChI=1S/C50H47N.C47H41N.C44H35NO/c1-47(2)42-21-15-14-20-38(42)39-26-23-34(30-44(39)49(47,5)6)51(33-17-10-9-11-18-33)35-24-27-41-45(31-35)50(7,8)48(3,4)43-29-28-37-36-19-13-12-16-32(36)22-25-40(37)46(41)43;1-45(2)40-19-13-12-18-36(40)37-24-21-32(28-42(37)45)48(31-15-8-7-9-16-31)33-22-25-39-43(29-33)47(5,6)46(3,4)41-27-26-35-34-17-11-10-14-30(34)20-23-38(35)44(39)41;1-43(2)38-25-24-33-32-15-9-8-12-28(32)18-21-36(33)42(38)37-23-20-30(26-39(37)44(43,3)4)45(29-13-6-5-7-14-29)31-19-22-35-34-16-10-11-17-40(34)46-41(35)27-31/h9-31H,1-8H3;7-29H,1-6H3;5-27H,1-4H3. The number of nitrogens with zero attached hydrogens (tertiary/aromatic N) is 3. The van der Waals surface area contributed by atoms with Crippen molar-refractivity contribution in [1.29, 1.82) is 0 Å². The summed E-state index contributed by atoms with van der Waals surface area (Å²) >= 11 is 0. The highest BCUT2D eigenvalue weighted by Gasteiger charge is 2.52. The lowest BCUT2D eigenvalue weighted by Crippen LogP contribution is -2.43. The van der Waals surface area contributed by atoms with Gasteiger partial charge in [-0.3, -0.25) is 0 Å². The van der Waals surface area contributed by atoms with Gasteiger partial charge in [0.1, 0.15) is 11.2 Å². The highest BCUT2D eigenvalue weighted by atomic mass is 16.3. The minimum Gasteiger partial charge on any atom is -0.456 e. The fourth-order valence-electron chi connectivity index (χ4n) is 26.1. The summed E-state index contributed by atoms with van der Waals surface area (Å²) in [6.07, 6.45) is 0. The Bertz CT molecular complexity index is 9110. The summed E-state index contributed by atoms with van der Waals surface area (Å²) < 4.78 is 6.35. The zero-order chi connectivity index (χ0) is 99.7. The van der Waals surface area contributed by atoms with Crippen LogP contribution in [0.2, 0.25) is 0 Å². The van der Waals surface area contributed by atoms with Gasteiger partial charge in [-0.25, -0.2) is 0 Å².